The second-order valence-electron chi connectivity index (χ2n) is 6.81. The molecule has 1 aromatic rings. The van der Waals surface area contributed by atoms with Gasteiger partial charge in [-0.1, -0.05) is 0 Å². The smallest absolute Gasteiger partial charge is 0.265 e. The molecule has 0 aliphatic carbocycles. The van der Waals surface area contributed by atoms with Gasteiger partial charge >= 0.3 is 0 Å². The van der Waals surface area contributed by atoms with Crippen molar-refractivity contribution < 1.29 is 17.9 Å². The summed E-state index contributed by atoms with van der Waals surface area (Å²) >= 11 is 1.22. The number of carbonyl (C=O) groups is 1. The van der Waals surface area contributed by atoms with E-state index >= 15 is 0 Å². The van der Waals surface area contributed by atoms with E-state index in [0.717, 1.165) is 12.8 Å². The Hall–Kier alpha value is -0.710. The molecule has 1 amide bonds. The summed E-state index contributed by atoms with van der Waals surface area (Å²) in [5, 5.41) is 5.25. The second kappa shape index (κ2) is 8.12. The summed E-state index contributed by atoms with van der Waals surface area (Å²) in [6, 6.07) is 2.38. The molecule has 3 aliphatic heterocycles. The summed E-state index contributed by atoms with van der Waals surface area (Å²) in [6.45, 7) is 2.81. The molecule has 1 aromatic heterocycles. The standard InChI is InChI=1S/C16H23N3O4S2.ClH/c20-16(18-5-3-12-1-2-13(11-18)17-12)15-14(4-10-24-15)25(21,22)19-6-8-23-9-7-19;/h4,10,12-13,17H,1-3,5-9,11H2;1H. The number of morpholine rings is 1. The van der Waals surface area contributed by atoms with Crippen molar-refractivity contribution in [3.05, 3.63) is 16.3 Å². The molecule has 7 nitrogen and oxygen atoms in total. The van der Waals surface area contributed by atoms with Gasteiger partial charge in [0.05, 0.1) is 13.2 Å². The normalized spacial score (nSPS) is 27.0. The highest BCUT2D eigenvalue weighted by atomic mass is 35.5. The molecule has 3 aliphatic rings. The maximum absolute atomic E-state index is 13.0. The molecule has 0 radical (unpaired) electrons. The Morgan fingerprint density at radius 3 is 2.65 bits per heavy atom. The minimum absolute atomic E-state index is 0. The lowest BCUT2D eigenvalue weighted by molar-refractivity contribution is 0.0725. The van der Waals surface area contributed by atoms with Gasteiger partial charge < -0.3 is 15.0 Å². The molecular weight excluding hydrogens is 398 g/mol. The third-order valence-electron chi connectivity index (χ3n) is 5.22. The fourth-order valence-corrected chi connectivity index (χ4v) is 6.62. The molecule has 0 aromatic carbocycles. The van der Waals surface area contributed by atoms with E-state index in [9.17, 15) is 13.2 Å². The minimum Gasteiger partial charge on any atom is -0.379 e. The summed E-state index contributed by atoms with van der Waals surface area (Å²) in [5.74, 6) is -0.156. The predicted octanol–water partition coefficient (Wildman–Crippen LogP) is 1.16. The van der Waals surface area contributed by atoms with Gasteiger partial charge in [-0.15, -0.1) is 23.7 Å². The Morgan fingerprint density at radius 2 is 1.88 bits per heavy atom. The van der Waals surface area contributed by atoms with Gasteiger partial charge in [-0.25, -0.2) is 8.42 Å². The van der Waals surface area contributed by atoms with Crippen LogP contribution in [0.15, 0.2) is 16.3 Å². The molecule has 0 saturated carbocycles. The SMILES string of the molecule is Cl.O=C(c1sccc1S(=O)(=O)N1CCOCC1)N1CCC2CCC(C1)N2. The van der Waals surface area contributed by atoms with E-state index in [0.29, 0.717) is 56.4 Å². The van der Waals surface area contributed by atoms with Gasteiger partial charge in [0.2, 0.25) is 10.0 Å². The Balaban J connectivity index is 0.00000196. The number of thiophene rings is 1. The number of carbonyl (C=O) groups excluding carboxylic acids is 1. The first-order chi connectivity index (χ1) is 12.1. The number of fused-ring (bicyclic) bond motifs is 2. The van der Waals surface area contributed by atoms with Crippen LogP contribution in [0.2, 0.25) is 0 Å². The van der Waals surface area contributed by atoms with Crippen LogP contribution in [0.1, 0.15) is 28.9 Å². The Kier molecular flexibility index (Phi) is 6.25. The Labute approximate surface area is 164 Å². The summed E-state index contributed by atoms with van der Waals surface area (Å²) in [5.41, 5.74) is 0. The van der Waals surface area contributed by atoms with E-state index in [1.807, 2.05) is 4.90 Å². The number of halogens is 1. The van der Waals surface area contributed by atoms with E-state index in [1.165, 1.54) is 22.1 Å². The molecule has 2 unspecified atom stereocenters. The summed E-state index contributed by atoms with van der Waals surface area (Å²) < 4.78 is 32.6. The number of nitrogens with zero attached hydrogens (tertiary/aromatic N) is 2. The molecule has 10 heteroatoms. The van der Waals surface area contributed by atoms with Crippen LogP contribution in [0.5, 0.6) is 0 Å². The highest BCUT2D eigenvalue weighted by Crippen LogP contribution is 2.29. The quantitative estimate of drug-likeness (QED) is 0.792. The molecule has 4 heterocycles. The lowest BCUT2D eigenvalue weighted by Gasteiger charge is -2.27. The largest absolute Gasteiger partial charge is 0.379 e. The zero-order chi connectivity index (χ0) is 17.4. The van der Waals surface area contributed by atoms with Gasteiger partial charge in [0, 0.05) is 38.3 Å². The van der Waals surface area contributed by atoms with Crippen LogP contribution in [0, 0.1) is 0 Å². The van der Waals surface area contributed by atoms with Crippen LogP contribution < -0.4 is 5.32 Å². The van der Waals surface area contributed by atoms with Crippen molar-refractivity contribution in [2.24, 2.45) is 0 Å². The molecule has 26 heavy (non-hydrogen) atoms. The van der Waals surface area contributed by atoms with Gasteiger partial charge in [0.15, 0.2) is 0 Å². The average Bonchev–Trinajstić information content (AvgIpc) is 3.22. The summed E-state index contributed by atoms with van der Waals surface area (Å²) in [6.07, 6.45) is 3.18. The van der Waals surface area contributed by atoms with Gasteiger partial charge in [-0.3, -0.25) is 4.79 Å². The first-order valence-electron chi connectivity index (χ1n) is 8.76. The van der Waals surface area contributed by atoms with E-state index < -0.39 is 10.0 Å². The van der Waals surface area contributed by atoms with Crippen LogP contribution >= 0.6 is 23.7 Å². The number of sulfonamides is 1. The second-order valence-corrected chi connectivity index (χ2v) is 9.63. The molecule has 1 N–H and O–H groups in total. The van der Waals surface area contributed by atoms with Crippen LogP contribution in [0.4, 0.5) is 0 Å². The lowest BCUT2D eigenvalue weighted by Crippen LogP contribution is -2.42. The Morgan fingerprint density at radius 1 is 1.15 bits per heavy atom. The molecule has 3 fully saturated rings. The first-order valence-corrected chi connectivity index (χ1v) is 11.1. The third kappa shape index (κ3) is 3.79. The van der Waals surface area contributed by atoms with Crippen molar-refractivity contribution in [2.45, 2.75) is 36.2 Å². The molecule has 2 atom stereocenters. The van der Waals surface area contributed by atoms with E-state index in [4.69, 9.17) is 4.74 Å². The molecule has 3 saturated heterocycles. The maximum Gasteiger partial charge on any atom is 0.265 e. The van der Waals surface area contributed by atoms with Gasteiger partial charge in [-0.05, 0) is 30.7 Å². The van der Waals surface area contributed by atoms with Crippen LogP contribution in [-0.4, -0.2) is 75.0 Å². The van der Waals surface area contributed by atoms with Crippen LogP contribution in [-0.2, 0) is 14.8 Å². The van der Waals surface area contributed by atoms with E-state index in [-0.39, 0.29) is 23.2 Å². The van der Waals surface area contributed by atoms with Crippen molar-refractivity contribution in [2.75, 3.05) is 39.4 Å². The van der Waals surface area contributed by atoms with E-state index in [1.54, 1.807) is 11.4 Å². The average molecular weight is 422 g/mol. The maximum atomic E-state index is 13.0. The molecule has 146 valence electrons. The zero-order valence-electron chi connectivity index (χ0n) is 14.4. The molecule has 4 rings (SSSR count). The summed E-state index contributed by atoms with van der Waals surface area (Å²) in [4.78, 5) is 15.3. The predicted molar refractivity (Wildman–Crippen MR) is 102 cm³/mol. The molecular formula is C16H24ClN3O4S2. The van der Waals surface area contributed by atoms with Crippen LogP contribution in [0.25, 0.3) is 0 Å². The van der Waals surface area contributed by atoms with Crippen molar-refractivity contribution in [3.8, 4) is 0 Å². The zero-order valence-corrected chi connectivity index (χ0v) is 16.9. The highest BCUT2D eigenvalue weighted by Gasteiger charge is 2.35. The van der Waals surface area contributed by atoms with Crippen molar-refractivity contribution in [1.29, 1.82) is 0 Å². The van der Waals surface area contributed by atoms with Crippen molar-refractivity contribution in [3.63, 3.8) is 0 Å². The Bertz CT molecular complexity index is 748. The number of hydrogen-bond acceptors (Lipinski definition) is 6. The number of rotatable bonds is 3. The highest BCUT2D eigenvalue weighted by molar-refractivity contribution is 7.89. The fourth-order valence-electron chi connectivity index (χ4n) is 3.85. The lowest BCUT2D eigenvalue weighted by atomic mass is 10.1. The number of hydrogen-bond donors (Lipinski definition) is 1. The van der Waals surface area contributed by atoms with Crippen molar-refractivity contribution >= 4 is 39.7 Å². The molecule has 0 spiro atoms. The van der Waals surface area contributed by atoms with Crippen LogP contribution in [0.3, 0.4) is 0 Å². The van der Waals surface area contributed by atoms with Gasteiger partial charge in [0.1, 0.15) is 9.77 Å². The van der Waals surface area contributed by atoms with Gasteiger partial charge in [-0.2, -0.15) is 4.31 Å². The fraction of sp³-hybridized carbons (Fsp3) is 0.688. The first kappa shape index (κ1) is 20.0. The van der Waals surface area contributed by atoms with Crippen molar-refractivity contribution in [1.82, 2.24) is 14.5 Å². The number of ether oxygens (including phenoxy) is 1. The number of amides is 1. The van der Waals surface area contributed by atoms with Gasteiger partial charge in [0.25, 0.3) is 5.91 Å². The topological polar surface area (TPSA) is 79.0 Å². The minimum atomic E-state index is -3.65. The molecule has 2 bridgehead atoms. The number of likely N-dealkylation sites (tertiary alicyclic amines) is 1. The monoisotopic (exact) mass is 421 g/mol. The summed E-state index contributed by atoms with van der Waals surface area (Å²) in [7, 11) is -3.65. The number of nitrogens with one attached hydrogen (secondary N) is 1. The van der Waals surface area contributed by atoms with E-state index in [2.05, 4.69) is 5.32 Å². The third-order valence-corrected chi connectivity index (χ3v) is 8.19.